The second-order valence-electron chi connectivity index (χ2n) is 18.2. The molecular weight excluding hydrogens is 815 g/mol. The Bertz CT molecular complexity index is 3020. The van der Waals surface area contributed by atoms with Gasteiger partial charge in [-0.3, -0.25) is 4.79 Å². The topological polar surface area (TPSA) is 20.3 Å². The molecule has 8 aromatic rings. The first kappa shape index (κ1) is 40.9. The van der Waals surface area contributed by atoms with Gasteiger partial charge in [0.25, 0.3) is 0 Å². The van der Waals surface area contributed by atoms with Gasteiger partial charge in [0.05, 0.1) is 4.88 Å². The Morgan fingerprint density at radius 2 is 0.766 bits per heavy atom. The Kier molecular flexibility index (Phi) is 9.87. The van der Waals surface area contributed by atoms with Crippen LogP contribution in [0, 0.1) is 0 Å². The average molecular weight is 870 g/mol. The Morgan fingerprint density at radius 3 is 1.22 bits per heavy atom. The van der Waals surface area contributed by atoms with Crippen molar-refractivity contribution in [2.24, 2.45) is 0 Å². The second-order valence-corrected chi connectivity index (χ2v) is 20.4. The lowest BCUT2D eigenvalue weighted by atomic mass is 9.73. The van der Waals surface area contributed by atoms with Crippen LogP contribution in [-0.2, 0) is 16.2 Å². The van der Waals surface area contributed by atoms with Crippen LogP contribution in [0.2, 0.25) is 0 Å². The summed E-state index contributed by atoms with van der Waals surface area (Å²) in [5.41, 5.74) is 21.6. The smallest absolute Gasteiger partial charge is 0.160 e. The molecular formula is C60H55NOS2. The van der Waals surface area contributed by atoms with Crippen molar-refractivity contribution in [1.82, 2.24) is 0 Å². The van der Waals surface area contributed by atoms with E-state index < -0.39 is 0 Å². The molecule has 2 nitrogen and oxygen atoms in total. The Labute approximate surface area is 387 Å². The van der Waals surface area contributed by atoms with Crippen LogP contribution in [0.5, 0.6) is 0 Å². The second kappa shape index (κ2) is 15.4. The lowest BCUT2D eigenvalue weighted by Gasteiger charge is -2.34. The summed E-state index contributed by atoms with van der Waals surface area (Å²) >= 11 is 3.37. The first-order valence-corrected chi connectivity index (χ1v) is 25.2. The van der Waals surface area contributed by atoms with E-state index in [0.29, 0.717) is 0 Å². The summed E-state index contributed by atoms with van der Waals surface area (Å²) in [5, 5.41) is 0. The lowest BCUT2D eigenvalue weighted by molar-refractivity contribution is 0.112. The minimum Gasteiger partial charge on any atom is -0.310 e. The van der Waals surface area contributed by atoms with Crippen LogP contribution < -0.4 is 4.90 Å². The summed E-state index contributed by atoms with van der Waals surface area (Å²) in [6, 6.07) is 56.0. The molecule has 0 saturated carbocycles. The lowest BCUT2D eigenvalue weighted by Crippen LogP contribution is -2.25. The van der Waals surface area contributed by atoms with Crippen molar-refractivity contribution in [3.63, 3.8) is 0 Å². The average Bonchev–Trinajstić information content (AvgIpc) is 4.18. The van der Waals surface area contributed by atoms with Crippen LogP contribution in [0.1, 0.15) is 123 Å². The number of carbonyl (C=O) groups excluding carboxylic acids is 1. The number of benzene rings is 6. The molecule has 0 spiro atoms. The standard InChI is InChI=1S/C60H55NOS2/c1-7-58(8-2)49-19-15-13-17-43(49)46-27-22-39(34-52(46)58)61(40-23-28-47-44-18-14-16-20-50(44)59(9-3,10-4)53(47)35-40)41-24-29-48-45-26-21-38(33-51(45)60(11-5,12-6)54(48)36-41)55-31-32-57(64-55)56-30-25-42(37-62)63-56/h13-37H,7-12H2,1-6H3. The number of carbonyl (C=O) groups is 1. The zero-order valence-corrected chi connectivity index (χ0v) is 39.5. The van der Waals surface area contributed by atoms with Crippen molar-refractivity contribution < 1.29 is 4.79 Å². The highest BCUT2D eigenvalue weighted by atomic mass is 32.1. The largest absolute Gasteiger partial charge is 0.310 e. The van der Waals surface area contributed by atoms with Crippen LogP contribution in [0.3, 0.4) is 0 Å². The molecule has 0 aliphatic heterocycles. The van der Waals surface area contributed by atoms with Gasteiger partial charge >= 0.3 is 0 Å². The maximum Gasteiger partial charge on any atom is 0.160 e. The highest BCUT2D eigenvalue weighted by Crippen LogP contribution is 2.59. The molecule has 0 unspecified atom stereocenters. The fourth-order valence-electron chi connectivity index (χ4n) is 12.6. The number of nitrogens with zero attached hydrogens (tertiary/aromatic N) is 1. The molecule has 318 valence electrons. The van der Waals surface area contributed by atoms with E-state index in [1.165, 1.54) is 99.1 Å². The van der Waals surface area contributed by atoms with Crippen LogP contribution in [0.15, 0.2) is 146 Å². The van der Waals surface area contributed by atoms with Crippen molar-refractivity contribution in [2.75, 3.05) is 4.90 Å². The van der Waals surface area contributed by atoms with Crippen molar-refractivity contribution in [3.8, 4) is 53.6 Å². The van der Waals surface area contributed by atoms with E-state index in [-0.39, 0.29) is 16.2 Å². The van der Waals surface area contributed by atoms with Crippen molar-refractivity contribution in [2.45, 2.75) is 96.3 Å². The van der Waals surface area contributed by atoms with E-state index in [1.807, 2.05) is 17.4 Å². The fraction of sp³-hybridized carbons (Fsp3) is 0.250. The van der Waals surface area contributed by atoms with Crippen LogP contribution in [0.25, 0.3) is 53.6 Å². The third-order valence-electron chi connectivity index (χ3n) is 16.1. The van der Waals surface area contributed by atoms with E-state index in [4.69, 9.17) is 0 Å². The Hall–Kier alpha value is -5.81. The molecule has 0 atom stereocenters. The van der Waals surface area contributed by atoms with Gasteiger partial charge in [0.1, 0.15) is 0 Å². The maximum absolute atomic E-state index is 11.5. The third-order valence-corrected chi connectivity index (χ3v) is 18.5. The van der Waals surface area contributed by atoms with Gasteiger partial charge < -0.3 is 4.90 Å². The van der Waals surface area contributed by atoms with E-state index >= 15 is 0 Å². The summed E-state index contributed by atoms with van der Waals surface area (Å²) in [7, 11) is 0. The maximum atomic E-state index is 11.5. The SMILES string of the molecule is CCC1(CC)c2ccccc2-c2ccc(N(c3ccc4c(c3)C(CC)(CC)c3ccccc3-4)c3ccc4c(c3)C(CC)(CC)c3cc(-c5ccc(-c6ccc(C=O)s6)s5)ccc3-4)cc21. The quantitative estimate of drug-likeness (QED) is 0.114. The Balaban J connectivity index is 1.08. The number of hydrogen-bond donors (Lipinski definition) is 0. The number of thiophene rings is 2. The van der Waals surface area contributed by atoms with Crippen LogP contribution in [0.4, 0.5) is 17.1 Å². The highest BCUT2D eigenvalue weighted by molar-refractivity contribution is 7.24. The minimum absolute atomic E-state index is 0.0326. The van der Waals surface area contributed by atoms with Gasteiger partial charge in [-0.25, -0.2) is 0 Å². The molecule has 0 radical (unpaired) electrons. The zero-order chi connectivity index (χ0) is 44.0. The number of aldehydes is 1. The van der Waals surface area contributed by atoms with E-state index in [0.717, 1.165) is 54.6 Å². The van der Waals surface area contributed by atoms with Gasteiger partial charge in [0, 0.05) is 47.9 Å². The van der Waals surface area contributed by atoms with Gasteiger partial charge in [0.2, 0.25) is 0 Å². The molecule has 2 heterocycles. The third kappa shape index (κ3) is 5.64. The van der Waals surface area contributed by atoms with Gasteiger partial charge in [-0.05, 0) is 178 Å². The van der Waals surface area contributed by atoms with Gasteiger partial charge in [-0.2, -0.15) is 0 Å². The van der Waals surface area contributed by atoms with Gasteiger partial charge in [-0.15, -0.1) is 22.7 Å². The molecule has 6 aromatic carbocycles. The predicted molar refractivity (Wildman–Crippen MR) is 274 cm³/mol. The molecule has 0 fully saturated rings. The Morgan fingerprint density at radius 1 is 0.391 bits per heavy atom. The normalized spacial score (nSPS) is 15.2. The zero-order valence-electron chi connectivity index (χ0n) is 37.8. The molecule has 64 heavy (non-hydrogen) atoms. The number of fused-ring (bicyclic) bond motifs is 9. The number of rotatable bonds is 12. The highest BCUT2D eigenvalue weighted by Gasteiger charge is 2.44. The molecule has 3 aliphatic carbocycles. The summed E-state index contributed by atoms with van der Waals surface area (Å²) < 4.78 is 0. The van der Waals surface area contributed by atoms with Gasteiger partial charge in [0.15, 0.2) is 6.29 Å². The minimum atomic E-state index is -0.132. The van der Waals surface area contributed by atoms with E-state index in [9.17, 15) is 4.79 Å². The molecule has 11 rings (SSSR count). The summed E-state index contributed by atoms with van der Waals surface area (Å²) in [6.45, 7) is 14.2. The first-order valence-electron chi connectivity index (χ1n) is 23.6. The number of anilines is 3. The van der Waals surface area contributed by atoms with E-state index in [1.54, 1.807) is 11.3 Å². The summed E-state index contributed by atoms with van der Waals surface area (Å²) in [4.78, 5) is 18.4. The molecule has 0 saturated heterocycles. The molecule has 0 N–H and O–H groups in total. The predicted octanol–water partition coefficient (Wildman–Crippen LogP) is 17.7. The molecule has 3 aliphatic rings. The van der Waals surface area contributed by atoms with E-state index in [2.05, 4.69) is 186 Å². The monoisotopic (exact) mass is 869 g/mol. The van der Waals surface area contributed by atoms with Crippen LogP contribution >= 0.6 is 22.7 Å². The molecule has 4 heteroatoms. The molecule has 0 amide bonds. The van der Waals surface area contributed by atoms with Gasteiger partial charge in [-0.1, -0.05) is 120 Å². The van der Waals surface area contributed by atoms with Crippen LogP contribution in [-0.4, -0.2) is 6.29 Å². The van der Waals surface area contributed by atoms with Crippen molar-refractivity contribution in [3.05, 3.63) is 184 Å². The summed E-state index contributed by atoms with van der Waals surface area (Å²) in [6.07, 6.45) is 7.19. The molecule has 0 bridgehead atoms. The molecule has 2 aromatic heterocycles. The number of hydrogen-bond acceptors (Lipinski definition) is 4. The summed E-state index contributed by atoms with van der Waals surface area (Å²) in [5.74, 6) is 0. The fourth-order valence-corrected chi connectivity index (χ4v) is 14.5. The first-order chi connectivity index (χ1) is 31.3. The van der Waals surface area contributed by atoms with Crippen molar-refractivity contribution >= 4 is 46.0 Å². The van der Waals surface area contributed by atoms with Crippen molar-refractivity contribution in [1.29, 1.82) is 0 Å².